The minimum absolute atomic E-state index is 0.201. The van der Waals surface area contributed by atoms with Crippen LogP contribution in [0.4, 0.5) is 4.39 Å². The van der Waals surface area contributed by atoms with Crippen LogP contribution < -0.4 is 0 Å². The molecule has 1 aliphatic heterocycles. The summed E-state index contributed by atoms with van der Waals surface area (Å²) in [6.07, 6.45) is -0.610. The van der Waals surface area contributed by atoms with Crippen molar-refractivity contribution in [2.24, 2.45) is 0 Å². The van der Waals surface area contributed by atoms with Crippen LogP contribution in [0.2, 0.25) is 0 Å². The summed E-state index contributed by atoms with van der Waals surface area (Å²) >= 11 is 0. The Hall–Kier alpha value is 0.130. The molecule has 60 valence electrons. The predicted octanol–water partition coefficient (Wildman–Crippen LogP) is 0.861. The van der Waals surface area contributed by atoms with Crippen molar-refractivity contribution >= 4 is 19.9 Å². The monoisotopic (exact) mass is 187 g/mol. The van der Waals surface area contributed by atoms with Crippen molar-refractivity contribution < 1.29 is 12.8 Å². The second kappa shape index (κ2) is 2.64. The van der Waals surface area contributed by atoms with Crippen molar-refractivity contribution in [3.8, 4) is 0 Å². The van der Waals surface area contributed by atoms with Crippen molar-refractivity contribution in [1.29, 1.82) is 0 Å². The highest BCUT2D eigenvalue weighted by Gasteiger charge is 2.32. The van der Waals surface area contributed by atoms with E-state index in [9.17, 15) is 12.8 Å². The van der Waals surface area contributed by atoms with E-state index in [1.54, 1.807) is 0 Å². The van der Waals surface area contributed by atoms with E-state index in [-0.39, 0.29) is 13.0 Å². The van der Waals surface area contributed by atoms with Crippen molar-refractivity contribution in [2.75, 3.05) is 6.54 Å². The topological polar surface area (TPSA) is 37.4 Å². The Morgan fingerprint density at radius 2 is 2.20 bits per heavy atom. The minimum Gasteiger partial charge on any atom is -0.229 e. The summed E-state index contributed by atoms with van der Waals surface area (Å²) < 4.78 is 34.2. The van der Waals surface area contributed by atoms with Crippen molar-refractivity contribution in [3.63, 3.8) is 0 Å². The van der Waals surface area contributed by atoms with Crippen LogP contribution in [-0.4, -0.2) is 25.6 Å². The van der Waals surface area contributed by atoms with Gasteiger partial charge in [0.05, 0.1) is 0 Å². The van der Waals surface area contributed by atoms with Gasteiger partial charge in [-0.15, -0.1) is 0 Å². The molecule has 0 spiro atoms. The molecule has 1 unspecified atom stereocenters. The Labute approximate surface area is 63.3 Å². The van der Waals surface area contributed by atoms with Crippen LogP contribution in [0.5, 0.6) is 0 Å². The molecule has 1 fully saturated rings. The van der Waals surface area contributed by atoms with Gasteiger partial charge >= 0.3 is 9.24 Å². The summed E-state index contributed by atoms with van der Waals surface area (Å²) in [7, 11) is 1.07. The molecule has 0 aromatic rings. The van der Waals surface area contributed by atoms with Gasteiger partial charge in [0.2, 0.25) is 0 Å². The van der Waals surface area contributed by atoms with Crippen molar-refractivity contribution in [1.82, 2.24) is 4.31 Å². The minimum atomic E-state index is -3.82. The maximum Gasteiger partial charge on any atom is 0.302 e. The zero-order valence-corrected chi connectivity index (χ0v) is 6.70. The van der Waals surface area contributed by atoms with Gasteiger partial charge in [-0.1, -0.05) is 0 Å². The molecule has 0 bridgehead atoms. The van der Waals surface area contributed by atoms with Gasteiger partial charge in [-0.25, -0.2) is 4.39 Å². The van der Waals surface area contributed by atoms with Crippen LogP contribution in [-0.2, 0) is 9.24 Å². The van der Waals surface area contributed by atoms with Crippen LogP contribution in [0, 0.1) is 0 Å². The van der Waals surface area contributed by atoms with Crippen LogP contribution in [0.25, 0.3) is 0 Å². The molecule has 0 radical (unpaired) electrons. The van der Waals surface area contributed by atoms with Gasteiger partial charge in [0.25, 0.3) is 0 Å². The Morgan fingerprint density at radius 3 is 2.40 bits per heavy atom. The van der Waals surface area contributed by atoms with E-state index in [1.165, 1.54) is 0 Å². The molecule has 0 N–H and O–H groups in total. The molecule has 0 saturated carbocycles. The normalized spacial score (nSPS) is 29.2. The molecule has 1 heterocycles. The SMILES string of the molecule is O=S(=O)(Cl)N1CCCC1F. The van der Waals surface area contributed by atoms with Gasteiger partial charge in [-0.2, -0.15) is 12.7 Å². The number of hydrogen-bond acceptors (Lipinski definition) is 2. The fraction of sp³-hybridized carbons (Fsp3) is 1.00. The smallest absolute Gasteiger partial charge is 0.229 e. The standard InChI is InChI=1S/C4H7ClFNO2S/c5-10(8,9)7-3-1-2-4(7)6/h4H,1-3H2. The van der Waals surface area contributed by atoms with Gasteiger partial charge in [0, 0.05) is 17.2 Å². The van der Waals surface area contributed by atoms with E-state index in [0.29, 0.717) is 10.7 Å². The van der Waals surface area contributed by atoms with Crippen molar-refractivity contribution in [3.05, 3.63) is 0 Å². The maximum atomic E-state index is 12.5. The summed E-state index contributed by atoms with van der Waals surface area (Å²) in [5.74, 6) is 0. The van der Waals surface area contributed by atoms with E-state index < -0.39 is 15.5 Å². The number of halogens is 2. The Kier molecular flexibility index (Phi) is 2.17. The van der Waals surface area contributed by atoms with Gasteiger partial charge in [-0.05, 0) is 12.8 Å². The highest BCUT2D eigenvalue weighted by atomic mass is 35.7. The van der Waals surface area contributed by atoms with Crippen LogP contribution in [0.3, 0.4) is 0 Å². The van der Waals surface area contributed by atoms with Gasteiger partial charge in [-0.3, -0.25) is 0 Å². The lowest BCUT2D eigenvalue weighted by molar-refractivity contribution is 0.214. The van der Waals surface area contributed by atoms with Crippen molar-refractivity contribution in [2.45, 2.75) is 19.1 Å². The zero-order chi connectivity index (χ0) is 7.78. The van der Waals surface area contributed by atoms with Crippen LogP contribution in [0.15, 0.2) is 0 Å². The lowest BCUT2D eigenvalue weighted by Crippen LogP contribution is -2.28. The second-order valence-electron chi connectivity index (χ2n) is 2.13. The average molecular weight is 188 g/mol. The van der Waals surface area contributed by atoms with Crippen LogP contribution in [0.1, 0.15) is 12.8 Å². The lowest BCUT2D eigenvalue weighted by atomic mass is 10.4. The molecule has 0 aliphatic carbocycles. The third-order valence-electron chi connectivity index (χ3n) is 1.41. The fourth-order valence-electron chi connectivity index (χ4n) is 0.945. The number of alkyl halides is 1. The Balaban J connectivity index is 2.74. The third kappa shape index (κ3) is 1.59. The van der Waals surface area contributed by atoms with Gasteiger partial charge in [0.1, 0.15) is 0 Å². The number of hydrogen-bond donors (Lipinski definition) is 0. The first-order valence-electron chi connectivity index (χ1n) is 2.87. The summed E-state index contributed by atoms with van der Waals surface area (Å²) in [6, 6.07) is 0. The van der Waals surface area contributed by atoms with Gasteiger partial charge < -0.3 is 0 Å². The Morgan fingerprint density at radius 1 is 1.60 bits per heavy atom. The number of nitrogens with zero attached hydrogens (tertiary/aromatic N) is 1. The molecule has 1 rings (SSSR count). The zero-order valence-electron chi connectivity index (χ0n) is 5.13. The number of rotatable bonds is 1. The third-order valence-corrected chi connectivity index (χ3v) is 2.92. The quantitative estimate of drug-likeness (QED) is 0.451. The molecule has 0 aromatic heterocycles. The molecule has 10 heavy (non-hydrogen) atoms. The molecule has 1 atom stereocenters. The van der Waals surface area contributed by atoms with E-state index in [2.05, 4.69) is 0 Å². The summed E-state index contributed by atoms with van der Waals surface area (Å²) in [5.41, 5.74) is 0. The summed E-state index contributed by atoms with van der Waals surface area (Å²) in [4.78, 5) is 0. The predicted molar refractivity (Wildman–Crippen MR) is 35.6 cm³/mol. The molecular weight excluding hydrogens is 181 g/mol. The van der Waals surface area contributed by atoms with E-state index in [0.717, 1.165) is 0 Å². The average Bonchev–Trinajstić information content (AvgIpc) is 2.11. The second-order valence-corrected chi connectivity index (χ2v) is 4.59. The maximum absolute atomic E-state index is 12.5. The molecule has 1 aliphatic rings. The summed E-state index contributed by atoms with van der Waals surface area (Å²) in [6.45, 7) is 0.201. The molecular formula is C4H7ClFNO2S. The highest BCUT2D eigenvalue weighted by molar-refractivity contribution is 8.11. The molecule has 0 amide bonds. The van der Waals surface area contributed by atoms with E-state index in [4.69, 9.17) is 10.7 Å². The largest absolute Gasteiger partial charge is 0.302 e. The molecule has 1 saturated heterocycles. The summed E-state index contributed by atoms with van der Waals surface area (Å²) in [5, 5.41) is 0. The first kappa shape index (κ1) is 8.23. The lowest BCUT2D eigenvalue weighted by Gasteiger charge is -2.11. The van der Waals surface area contributed by atoms with Crippen LogP contribution >= 0.6 is 10.7 Å². The van der Waals surface area contributed by atoms with Gasteiger partial charge in [0.15, 0.2) is 6.30 Å². The molecule has 3 nitrogen and oxygen atoms in total. The fourth-order valence-corrected chi connectivity index (χ4v) is 2.14. The first-order chi connectivity index (χ1) is 4.52. The molecule has 0 aromatic carbocycles. The Bertz CT molecular complexity index is 217. The first-order valence-corrected chi connectivity index (χ1v) is 5.14. The molecule has 6 heteroatoms. The van der Waals surface area contributed by atoms with E-state index in [1.807, 2.05) is 0 Å². The van der Waals surface area contributed by atoms with E-state index >= 15 is 0 Å². The highest BCUT2D eigenvalue weighted by Crippen LogP contribution is 2.23.